The molecule has 1 aliphatic carbocycles. The number of rotatable bonds is 0. The normalized spacial score (nSPS) is 38.2. The van der Waals surface area contributed by atoms with Gasteiger partial charge < -0.3 is 5.11 Å². The van der Waals surface area contributed by atoms with E-state index in [2.05, 4.69) is 27.7 Å². The standard InChI is InChI=1S/C11H22O/c1-8-5-6-10(12)9(7-8)11(2,3)4/h8-10,12H,5-7H2,1-4H3/t8-,9+,10+/m1/s1. The molecule has 0 unspecified atom stereocenters. The van der Waals surface area contributed by atoms with E-state index in [-0.39, 0.29) is 11.5 Å². The Bertz CT molecular complexity index is 146. The van der Waals surface area contributed by atoms with Crippen molar-refractivity contribution in [2.75, 3.05) is 0 Å². The highest BCUT2D eigenvalue weighted by atomic mass is 16.3. The summed E-state index contributed by atoms with van der Waals surface area (Å²) in [6, 6.07) is 0. The highest BCUT2D eigenvalue weighted by molar-refractivity contribution is 4.85. The molecule has 0 aromatic rings. The quantitative estimate of drug-likeness (QED) is 0.592. The van der Waals surface area contributed by atoms with Gasteiger partial charge in [0.2, 0.25) is 0 Å². The Hall–Kier alpha value is -0.0400. The lowest BCUT2D eigenvalue weighted by molar-refractivity contribution is -0.00511. The molecule has 0 aliphatic heterocycles. The van der Waals surface area contributed by atoms with Gasteiger partial charge in [0.15, 0.2) is 0 Å². The van der Waals surface area contributed by atoms with Crippen molar-refractivity contribution in [3.8, 4) is 0 Å². The Kier molecular flexibility index (Phi) is 2.82. The van der Waals surface area contributed by atoms with Crippen molar-refractivity contribution in [1.82, 2.24) is 0 Å². The maximum Gasteiger partial charge on any atom is 0.0573 e. The van der Waals surface area contributed by atoms with Crippen molar-refractivity contribution in [2.45, 2.75) is 53.1 Å². The molecule has 0 heterocycles. The summed E-state index contributed by atoms with van der Waals surface area (Å²) in [6.07, 6.45) is 3.35. The third-order valence-electron chi connectivity index (χ3n) is 3.19. The van der Waals surface area contributed by atoms with Gasteiger partial charge >= 0.3 is 0 Å². The summed E-state index contributed by atoms with van der Waals surface area (Å²) >= 11 is 0. The van der Waals surface area contributed by atoms with Crippen LogP contribution >= 0.6 is 0 Å². The van der Waals surface area contributed by atoms with Crippen molar-refractivity contribution >= 4 is 0 Å². The molecule has 0 bridgehead atoms. The molecular weight excluding hydrogens is 148 g/mol. The van der Waals surface area contributed by atoms with E-state index in [4.69, 9.17) is 0 Å². The van der Waals surface area contributed by atoms with Crippen molar-refractivity contribution in [3.63, 3.8) is 0 Å². The summed E-state index contributed by atoms with van der Waals surface area (Å²) in [5, 5.41) is 9.82. The molecule has 0 aromatic carbocycles. The fraction of sp³-hybridized carbons (Fsp3) is 1.00. The molecule has 0 aromatic heterocycles. The van der Waals surface area contributed by atoms with E-state index < -0.39 is 0 Å². The summed E-state index contributed by atoms with van der Waals surface area (Å²) < 4.78 is 0. The van der Waals surface area contributed by atoms with E-state index in [0.717, 1.165) is 12.3 Å². The van der Waals surface area contributed by atoms with Crippen LogP contribution in [-0.2, 0) is 0 Å². The van der Waals surface area contributed by atoms with Crippen molar-refractivity contribution < 1.29 is 5.11 Å². The van der Waals surface area contributed by atoms with Crippen LogP contribution in [0.5, 0.6) is 0 Å². The van der Waals surface area contributed by atoms with E-state index in [9.17, 15) is 5.11 Å². The molecular formula is C11H22O. The Morgan fingerprint density at radius 2 is 1.75 bits per heavy atom. The van der Waals surface area contributed by atoms with E-state index in [1.165, 1.54) is 12.8 Å². The third-order valence-corrected chi connectivity index (χ3v) is 3.19. The van der Waals surface area contributed by atoms with E-state index in [0.29, 0.717) is 5.92 Å². The monoisotopic (exact) mass is 170 g/mol. The van der Waals surface area contributed by atoms with Gasteiger partial charge in [-0.1, -0.05) is 27.7 Å². The summed E-state index contributed by atoms with van der Waals surface area (Å²) in [4.78, 5) is 0. The summed E-state index contributed by atoms with van der Waals surface area (Å²) in [6.45, 7) is 9.00. The predicted molar refractivity (Wildman–Crippen MR) is 52.0 cm³/mol. The van der Waals surface area contributed by atoms with Gasteiger partial charge in [0.1, 0.15) is 0 Å². The highest BCUT2D eigenvalue weighted by Crippen LogP contribution is 2.40. The van der Waals surface area contributed by atoms with Crippen LogP contribution in [0.4, 0.5) is 0 Å². The van der Waals surface area contributed by atoms with Crippen LogP contribution in [0.3, 0.4) is 0 Å². The molecule has 12 heavy (non-hydrogen) atoms. The first-order chi connectivity index (χ1) is 5.41. The molecule has 1 nitrogen and oxygen atoms in total. The van der Waals surface area contributed by atoms with Crippen LogP contribution in [0.15, 0.2) is 0 Å². The molecule has 1 N–H and O–H groups in total. The molecule has 0 radical (unpaired) electrons. The zero-order valence-corrected chi connectivity index (χ0v) is 8.80. The summed E-state index contributed by atoms with van der Waals surface area (Å²) in [5.41, 5.74) is 0.272. The fourth-order valence-electron chi connectivity index (χ4n) is 2.30. The first-order valence-corrected chi connectivity index (χ1v) is 5.09. The molecule has 1 aliphatic rings. The lowest BCUT2D eigenvalue weighted by Crippen LogP contribution is -2.37. The van der Waals surface area contributed by atoms with E-state index in [1.54, 1.807) is 0 Å². The minimum atomic E-state index is -0.0544. The van der Waals surface area contributed by atoms with Gasteiger partial charge in [0.05, 0.1) is 6.10 Å². The average molecular weight is 170 g/mol. The highest BCUT2D eigenvalue weighted by Gasteiger charge is 2.35. The summed E-state index contributed by atoms with van der Waals surface area (Å²) in [5.74, 6) is 1.30. The van der Waals surface area contributed by atoms with Gasteiger partial charge in [-0.05, 0) is 36.5 Å². The van der Waals surface area contributed by atoms with Gasteiger partial charge in [-0.3, -0.25) is 0 Å². The molecule has 1 rings (SSSR count). The van der Waals surface area contributed by atoms with Gasteiger partial charge in [-0.2, -0.15) is 0 Å². The van der Waals surface area contributed by atoms with Crippen molar-refractivity contribution in [3.05, 3.63) is 0 Å². The van der Waals surface area contributed by atoms with E-state index >= 15 is 0 Å². The molecule has 0 saturated heterocycles. The Morgan fingerprint density at radius 3 is 2.17 bits per heavy atom. The maximum atomic E-state index is 9.82. The lowest BCUT2D eigenvalue weighted by Gasteiger charge is -2.40. The van der Waals surface area contributed by atoms with Crippen LogP contribution in [0, 0.1) is 17.3 Å². The predicted octanol–water partition coefficient (Wildman–Crippen LogP) is 2.83. The maximum absolute atomic E-state index is 9.82. The molecule has 0 spiro atoms. The average Bonchev–Trinajstić information content (AvgIpc) is 1.92. The second-order valence-electron chi connectivity index (χ2n) is 5.46. The molecule has 72 valence electrons. The van der Waals surface area contributed by atoms with Gasteiger partial charge in [0.25, 0.3) is 0 Å². The zero-order chi connectivity index (χ0) is 9.35. The Labute approximate surface area is 76.2 Å². The number of aliphatic hydroxyl groups is 1. The Morgan fingerprint density at radius 1 is 1.17 bits per heavy atom. The van der Waals surface area contributed by atoms with Crippen LogP contribution in [-0.4, -0.2) is 11.2 Å². The zero-order valence-electron chi connectivity index (χ0n) is 8.80. The van der Waals surface area contributed by atoms with Gasteiger partial charge in [0, 0.05) is 0 Å². The largest absolute Gasteiger partial charge is 0.393 e. The molecule has 1 saturated carbocycles. The van der Waals surface area contributed by atoms with Crippen molar-refractivity contribution in [1.29, 1.82) is 0 Å². The van der Waals surface area contributed by atoms with E-state index in [1.807, 2.05) is 0 Å². The minimum Gasteiger partial charge on any atom is -0.393 e. The van der Waals surface area contributed by atoms with Crippen LogP contribution < -0.4 is 0 Å². The Balaban J connectivity index is 2.61. The van der Waals surface area contributed by atoms with Crippen LogP contribution in [0.25, 0.3) is 0 Å². The lowest BCUT2D eigenvalue weighted by atomic mass is 9.68. The van der Waals surface area contributed by atoms with Crippen LogP contribution in [0.1, 0.15) is 47.0 Å². The van der Waals surface area contributed by atoms with Gasteiger partial charge in [-0.25, -0.2) is 0 Å². The fourth-order valence-corrected chi connectivity index (χ4v) is 2.30. The first-order valence-electron chi connectivity index (χ1n) is 5.09. The number of hydrogen-bond acceptors (Lipinski definition) is 1. The summed E-state index contributed by atoms with van der Waals surface area (Å²) in [7, 11) is 0. The molecule has 3 atom stereocenters. The molecule has 1 heteroatoms. The second-order valence-corrected chi connectivity index (χ2v) is 5.46. The van der Waals surface area contributed by atoms with Gasteiger partial charge in [-0.15, -0.1) is 0 Å². The first kappa shape index (κ1) is 10.0. The molecule has 0 amide bonds. The number of aliphatic hydroxyl groups excluding tert-OH is 1. The topological polar surface area (TPSA) is 20.2 Å². The minimum absolute atomic E-state index is 0.0544. The van der Waals surface area contributed by atoms with Crippen molar-refractivity contribution in [2.24, 2.45) is 17.3 Å². The second kappa shape index (κ2) is 3.37. The smallest absolute Gasteiger partial charge is 0.0573 e. The van der Waals surface area contributed by atoms with Crippen LogP contribution in [0.2, 0.25) is 0 Å². The third kappa shape index (κ3) is 2.22. The number of hydrogen-bond donors (Lipinski definition) is 1. The SMILES string of the molecule is C[C@@H]1CC[C@H](O)[C@@H](C(C)(C)C)C1. The molecule has 1 fully saturated rings.